The van der Waals surface area contributed by atoms with Crippen LogP contribution in [0.3, 0.4) is 0 Å². The highest BCUT2D eigenvalue weighted by molar-refractivity contribution is 7.49. The SMILES string of the molecule is NC1(N)OP2(=O)Oc3nnnc1c3O2. The molecule has 0 amide bonds. The summed E-state index contributed by atoms with van der Waals surface area (Å²) in [6.45, 7) is 0. The Morgan fingerprint density at radius 1 is 1.29 bits per heavy atom. The van der Waals surface area contributed by atoms with E-state index in [4.69, 9.17) is 25.0 Å². The molecule has 2 aliphatic heterocycles. The predicted octanol–water partition coefficient (Wildman–Crippen LogP) is -1.19. The maximum Gasteiger partial charge on any atom is 0.592 e. The van der Waals surface area contributed by atoms with Crippen molar-refractivity contribution in [3.8, 4) is 11.6 Å². The van der Waals surface area contributed by atoms with E-state index in [2.05, 4.69) is 15.4 Å². The second-order valence-electron chi connectivity index (χ2n) is 2.79. The molecule has 1 aromatic rings. The average Bonchev–Trinajstić information content (AvgIpc) is 2.34. The molecule has 0 saturated carbocycles. The van der Waals surface area contributed by atoms with Gasteiger partial charge in [-0.25, -0.2) is 9.09 Å². The number of aromatic nitrogens is 3. The zero-order chi connectivity index (χ0) is 9.97. The monoisotopic (exact) mass is 217 g/mol. The van der Waals surface area contributed by atoms with Crippen molar-refractivity contribution in [1.82, 2.24) is 15.4 Å². The minimum Gasteiger partial charge on any atom is -0.387 e. The number of fused-ring (bicyclic) bond motifs is 1. The average molecular weight is 217 g/mol. The molecule has 0 radical (unpaired) electrons. The quantitative estimate of drug-likeness (QED) is 0.405. The first kappa shape index (κ1) is 8.06. The molecule has 0 aromatic carbocycles. The summed E-state index contributed by atoms with van der Waals surface area (Å²) in [5, 5.41) is 10.3. The van der Waals surface area contributed by atoms with Crippen LogP contribution >= 0.6 is 7.82 Å². The van der Waals surface area contributed by atoms with Crippen LogP contribution in [0.25, 0.3) is 0 Å². The topological polar surface area (TPSA) is 135 Å². The van der Waals surface area contributed by atoms with E-state index < -0.39 is 13.7 Å². The van der Waals surface area contributed by atoms with Gasteiger partial charge in [-0.2, -0.15) is 0 Å². The van der Waals surface area contributed by atoms with Gasteiger partial charge in [-0.1, -0.05) is 5.10 Å². The number of hydrogen-bond acceptors (Lipinski definition) is 9. The lowest BCUT2D eigenvalue weighted by molar-refractivity contribution is 0.0362. The van der Waals surface area contributed by atoms with Gasteiger partial charge in [0.25, 0.3) is 5.88 Å². The van der Waals surface area contributed by atoms with Gasteiger partial charge in [-0.15, -0.1) is 5.10 Å². The van der Waals surface area contributed by atoms with E-state index in [9.17, 15) is 4.57 Å². The maximum atomic E-state index is 11.6. The zero-order valence-corrected chi connectivity index (χ0v) is 7.47. The Balaban J connectivity index is 2.35. The minimum atomic E-state index is -3.77. The molecule has 3 rings (SSSR count). The molecular formula is C4H4N5O4P. The molecule has 1 aromatic heterocycles. The number of nitrogens with two attached hydrogens (primary N) is 2. The predicted molar refractivity (Wildman–Crippen MR) is 39.8 cm³/mol. The molecule has 4 N–H and O–H groups in total. The van der Waals surface area contributed by atoms with Crippen LogP contribution < -0.4 is 20.5 Å². The van der Waals surface area contributed by atoms with Crippen LogP contribution in [-0.4, -0.2) is 15.4 Å². The lowest BCUT2D eigenvalue weighted by Crippen LogP contribution is -2.50. The van der Waals surface area contributed by atoms with E-state index in [0.29, 0.717) is 0 Å². The first-order valence-electron chi connectivity index (χ1n) is 3.52. The highest BCUT2D eigenvalue weighted by atomic mass is 31.2. The van der Waals surface area contributed by atoms with Crippen LogP contribution in [0.15, 0.2) is 0 Å². The molecule has 2 bridgehead atoms. The molecule has 2 aliphatic rings. The summed E-state index contributed by atoms with van der Waals surface area (Å²) in [5.74, 6) is -1.87. The smallest absolute Gasteiger partial charge is 0.387 e. The van der Waals surface area contributed by atoms with Crippen molar-refractivity contribution in [3.05, 3.63) is 5.69 Å². The van der Waals surface area contributed by atoms with Gasteiger partial charge < -0.3 is 9.05 Å². The summed E-state index contributed by atoms with van der Waals surface area (Å²) in [5.41, 5.74) is 11.0. The number of rotatable bonds is 0. The molecule has 9 nitrogen and oxygen atoms in total. The van der Waals surface area contributed by atoms with E-state index in [1.54, 1.807) is 0 Å². The van der Waals surface area contributed by atoms with E-state index in [-0.39, 0.29) is 17.3 Å². The number of phosphoric ester groups is 1. The molecule has 3 heterocycles. The first-order valence-corrected chi connectivity index (χ1v) is 4.98. The summed E-state index contributed by atoms with van der Waals surface area (Å²) in [4.78, 5) is 0. The van der Waals surface area contributed by atoms with Crippen molar-refractivity contribution >= 4 is 7.82 Å². The summed E-state index contributed by atoms with van der Waals surface area (Å²) in [7, 11) is -3.77. The zero-order valence-electron chi connectivity index (χ0n) is 6.58. The summed E-state index contributed by atoms with van der Waals surface area (Å²) < 4.78 is 25.9. The lowest BCUT2D eigenvalue weighted by Gasteiger charge is -2.27. The fraction of sp³-hybridized carbons (Fsp3) is 0.250. The fourth-order valence-corrected chi connectivity index (χ4v) is 2.49. The van der Waals surface area contributed by atoms with Gasteiger partial charge in [0, 0.05) is 0 Å². The van der Waals surface area contributed by atoms with Crippen LogP contribution in [0.2, 0.25) is 0 Å². The van der Waals surface area contributed by atoms with E-state index in [1.165, 1.54) is 0 Å². The summed E-state index contributed by atoms with van der Waals surface area (Å²) in [6, 6.07) is 0. The van der Waals surface area contributed by atoms with Gasteiger partial charge in [0.15, 0.2) is 5.69 Å². The second-order valence-corrected chi connectivity index (χ2v) is 4.23. The van der Waals surface area contributed by atoms with E-state index in [0.717, 1.165) is 0 Å². The third-order valence-electron chi connectivity index (χ3n) is 1.72. The van der Waals surface area contributed by atoms with Gasteiger partial charge in [-0.05, 0) is 5.21 Å². The third-order valence-corrected chi connectivity index (χ3v) is 3.05. The third kappa shape index (κ3) is 0.840. The Bertz CT molecular complexity index is 475. The van der Waals surface area contributed by atoms with Crippen LogP contribution in [-0.2, 0) is 14.9 Å². The van der Waals surface area contributed by atoms with E-state index >= 15 is 0 Å². The van der Waals surface area contributed by atoms with Crippen LogP contribution in [0, 0.1) is 0 Å². The molecule has 1 unspecified atom stereocenters. The Morgan fingerprint density at radius 3 is 2.86 bits per heavy atom. The summed E-state index contributed by atoms with van der Waals surface area (Å²) in [6.07, 6.45) is 0. The van der Waals surface area contributed by atoms with Crippen LogP contribution in [0.5, 0.6) is 11.6 Å². The molecular weight excluding hydrogens is 213 g/mol. The van der Waals surface area contributed by atoms with Crippen molar-refractivity contribution in [2.45, 2.75) is 5.85 Å². The van der Waals surface area contributed by atoms with Crippen molar-refractivity contribution < 1.29 is 18.1 Å². The molecule has 0 saturated heterocycles. The first-order chi connectivity index (χ1) is 6.50. The molecule has 10 heteroatoms. The minimum absolute atomic E-state index is 0.00600. The van der Waals surface area contributed by atoms with Crippen LogP contribution in [0.1, 0.15) is 5.69 Å². The Hall–Kier alpha value is -1.28. The van der Waals surface area contributed by atoms with E-state index in [1.807, 2.05) is 0 Å². The number of hydrogen-bond donors (Lipinski definition) is 2. The van der Waals surface area contributed by atoms with Crippen molar-refractivity contribution in [3.63, 3.8) is 0 Å². The maximum absolute atomic E-state index is 11.6. The van der Waals surface area contributed by atoms with Crippen molar-refractivity contribution in [2.24, 2.45) is 11.5 Å². The van der Waals surface area contributed by atoms with Gasteiger partial charge in [0.05, 0.1) is 0 Å². The molecule has 1 atom stereocenters. The second kappa shape index (κ2) is 2.04. The van der Waals surface area contributed by atoms with Gasteiger partial charge >= 0.3 is 7.82 Å². The largest absolute Gasteiger partial charge is 0.592 e. The van der Waals surface area contributed by atoms with Gasteiger partial charge in [0.2, 0.25) is 11.6 Å². The van der Waals surface area contributed by atoms with Crippen molar-refractivity contribution in [2.75, 3.05) is 0 Å². The molecule has 0 aliphatic carbocycles. The Morgan fingerprint density at radius 2 is 2.07 bits per heavy atom. The van der Waals surface area contributed by atoms with Crippen LogP contribution in [0.4, 0.5) is 0 Å². The number of phosphoric acid groups is 1. The molecule has 0 spiro atoms. The van der Waals surface area contributed by atoms with Gasteiger partial charge in [-0.3, -0.25) is 11.5 Å². The fourth-order valence-electron chi connectivity index (χ4n) is 1.20. The highest BCUT2D eigenvalue weighted by Gasteiger charge is 2.55. The molecule has 74 valence electrons. The standard InChI is InChI=1S/C4H4N5O4P/c5-4(6)2-1-3(8-9-7-2)12-14(10,11-1)13-4/h5-6H2. The van der Waals surface area contributed by atoms with Crippen molar-refractivity contribution in [1.29, 1.82) is 0 Å². The molecule has 14 heavy (non-hydrogen) atoms. The molecule has 0 fully saturated rings. The summed E-state index contributed by atoms with van der Waals surface area (Å²) >= 11 is 0. The normalized spacial score (nSPS) is 30.7. The lowest BCUT2D eigenvalue weighted by atomic mass is 10.3. The highest BCUT2D eigenvalue weighted by Crippen LogP contribution is 2.64. The number of nitrogens with zero attached hydrogens (tertiary/aromatic N) is 3. The Labute approximate surface area is 77.0 Å². The Kier molecular flexibility index (Phi) is 1.17. The van der Waals surface area contributed by atoms with Gasteiger partial charge in [0.1, 0.15) is 0 Å².